The molecule has 1 saturated heterocycles. The summed E-state index contributed by atoms with van der Waals surface area (Å²) in [6.45, 7) is 1.98. The molecule has 1 fully saturated rings. The van der Waals surface area contributed by atoms with Gasteiger partial charge in [0, 0.05) is 39.4 Å². The smallest absolute Gasteiger partial charge is 0.321 e. The van der Waals surface area contributed by atoms with E-state index in [0.29, 0.717) is 6.54 Å². The highest BCUT2D eigenvalue weighted by molar-refractivity contribution is 5.89. The van der Waals surface area contributed by atoms with Crippen LogP contribution in [0.4, 0.5) is 10.5 Å². The van der Waals surface area contributed by atoms with E-state index in [2.05, 4.69) is 16.0 Å². The molecule has 1 aliphatic heterocycles. The zero-order chi connectivity index (χ0) is 14.5. The van der Waals surface area contributed by atoms with Crippen LogP contribution in [-0.2, 0) is 11.3 Å². The Hall–Kier alpha value is -1.79. The largest absolute Gasteiger partial charge is 0.352 e. The van der Waals surface area contributed by atoms with Gasteiger partial charge in [0.15, 0.2) is 0 Å². The van der Waals surface area contributed by atoms with Gasteiger partial charge in [-0.25, -0.2) is 4.79 Å². The molecule has 1 heterocycles. The summed E-state index contributed by atoms with van der Waals surface area (Å²) in [5.41, 5.74) is 1.68. The van der Waals surface area contributed by atoms with Crippen molar-refractivity contribution in [3.05, 3.63) is 29.8 Å². The average Bonchev–Trinajstić information content (AvgIpc) is 2.34. The van der Waals surface area contributed by atoms with Crippen molar-refractivity contribution >= 4 is 30.0 Å². The first-order chi connectivity index (χ1) is 9.56. The lowest BCUT2D eigenvalue weighted by Crippen LogP contribution is -2.50. The molecule has 0 aliphatic carbocycles. The summed E-state index contributed by atoms with van der Waals surface area (Å²) in [6, 6.07) is 7.29. The molecule has 0 spiro atoms. The molecule has 2 rings (SSSR count). The minimum Gasteiger partial charge on any atom is -0.352 e. The molecule has 0 saturated carbocycles. The molecule has 0 aromatic heterocycles. The van der Waals surface area contributed by atoms with E-state index in [4.69, 9.17) is 0 Å². The lowest BCUT2D eigenvalue weighted by molar-refractivity contribution is -0.126. The van der Waals surface area contributed by atoms with Crippen molar-refractivity contribution in [2.45, 2.75) is 6.54 Å². The molecule has 7 heteroatoms. The summed E-state index contributed by atoms with van der Waals surface area (Å²) in [5, 5.41) is 8.75. The highest BCUT2D eigenvalue weighted by Gasteiger charge is 2.24. The van der Waals surface area contributed by atoms with E-state index in [1.165, 1.54) is 4.90 Å². The minimum atomic E-state index is -0.174. The number of hydrogen-bond donors (Lipinski definition) is 3. The van der Waals surface area contributed by atoms with Crippen LogP contribution in [0.25, 0.3) is 0 Å². The number of anilines is 1. The number of benzene rings is 1. The number of rotatable bonds is 4. The SMILES string of the molecule is CN(C)C(=O)Nc1cccc(CNC(=O)C2CNC2)c1.Cl. The van der Waals surface area contributed by atoms with E-state index in [0.717, 1.165) is 24.3 Å². The first-order valence-electron chi connectivity index (χ1n) is 6.62. The highest BCUT2D eigenvalue weighted by atomic mass is 35.5. The Morgan fingerprint density at radius 2 is 2.05 bits per heavy atom. The average molecular weight is 313 g/mol. The van der Waals surface area contributed by atoms with Gasteiger partial charge in [-0.05, 0) is 17.7 Å². The maximum Gasteiger partial charge on any atom is 0.321 e. The van der Waals surface area contributed by atoms with Gasteiger partial charge in [-0.15, -0.1) is 12.4 Å². The Morgan fingerprint density at radius 3 is 2.62 bits per heavy atom. The maximum atomic E-state index is 11.7. The monoisotopic (exact) mass is 312 g/mol. The summed E-state index contributed by atoms with van der Waals surface area (Å²) in [7, 11) is 3.37. The van der Waals surface area contributed by atoms with Crippen LogP contribution < -0.4 is 16.0 Å². The molecule has 0 atom stereocenters. The van der Waals surface area contributed by atoms with Crippen LogP contribution in [0.2, 0.25) is 0 Å². The number of halogens is 1. The van der Waals surface area contributed by atoms with Crippen LogP contribution in [0.15, 0.2) is 24.3 Å². The molecular weight excluding hydrogens is 292 g/mol. The van der Waals surface area contributed by atoms with E-state index in [1.807, 2.05) is 24.3 Å². The van der Waals surface area contributed by atoms with E-state index in [9.17, 15) is 9.59 Å². The Balaban J connectivity index is 0.00000220. The third-order valence-electron chi connectivity index (χ3n) is 3.20. The van der Waals surface area contributed by atoms with Crippen LogP contribution >= 0.6 is 12.4 Å². The fraction of sp³-hybridized carbons (Fsp3) is 0.429. The van der Waals surface area contributed by atoms with Crippen molar-refractivity contribution in [2.75, 3.05) is 32.5 Å². The van der Waals surface area contributed by atoms with Crippen molar-refractivity contribution in [3.8, 4) is 0 Å². The van der Waals surface area contributed by atoms with Gasteiger partial charge in [0.25, 0.3) is 0 Å². The summed E-state index contributed by atoms with van der Waals surface area (Å²) in [4.78, 5) is 24.8. The van der Waals surface area contributed by atoms with Crippen molar-refractivity contribution in [3.63, 3.8) is 0 Å². The number of urea groups is 1. The predicted molar refractivity (Wildman–Crippen MR) is 84.6 cm³/mol. The third-order valence-corrected chi connectivity index (χ3v) is 3.20. The molecule has 116 valence electrons. The van der Waals surface area contributed by atoms with Crippen molar-refractivity contribution < 1.29 is 9.59 Å². The first-order valence-corrected chi connectivity index (χ1v) is 6.62. The zero-order valence-corrected chi connectivity index (χ0v) is 13.0. The number of nitrogens with zero attached hydrogens (tertiary/aromatic N) is 1. The molecule has 3 amide bonds. The molecule has 0 radical (unpaired) electrons. The molecule has 1 aromatic rings. The third kappa shape index (κ3) is 4.91. The normalized spacial score (nSPS) is 13.6. The second-order valence-electron chi connectivity index (χ2n) is 5.10. The zero-order valence-electron chi connectivity index (χ0n) is 12.2. The van der Waals surface area contributed by atoms with Crippen LogP contribution in [-0.4, -0.2) is 44.0 Å². The van der Waals surface area contributed by atoms with Crippen LogP contribution in [0.3, 0.4) is 0 Å². The maximum absolute atomic E-state index is 11.7. The lowest BCUT2D eigenvalue weighted by Gasteiger charge is -2.25. The van der Waals surface area contributed by atoms with Crippen LogP contribution in [0, 0.1) is 5.92 Å². The Morgan fingerprint density at radius 1 is 1.33 bits per heavy atom. The van der Waals surface area contributed by atoms with E-state index in [1.54, 1.807) is 14.1 Å². The van der Waals surface area contributed by atoms with Gasteiger partial charge in [0.05, 0.1) is 5.92 Å². The molecule has 1 aromatic carbocycles. The summed E-state index contributed by atoms with van der Waals surface area (Å²) < 4.78 is 0. The number of carbonyl (C=O) groups excluding carboxylic acids is 2. The fourth-order valence-electron chi connectivity index (χ4n) is 1.80. The summed E-state index contributed by atoms with van der Waals surface area (Å²) >= 11 is 0. The molecule has 6 nitrogen and oxygen atoms in total. The molecule has 0 unspecified atom stereocenters. The topological polar surface area (TPSA) is 73.5 Å². The number of nitrogens with one attached hydrogen (secondary N) is 3. The minimum absolute atomic E-state index is 0. The summed E-state index contributed by atoms with van der Waals surface area (Å²) in [6.07, 6.45) is 0. The summed E-state index contributed by atoms with van der Waals surface area (Å²) in [5.74, 6) is 0.165. The molecule has 3 N–H and O–H groups in total. The van der Waals surface area contributed by atoms with Crippen molar-refractivity contribution in [2.24, 2.45) is 5.92 Å². The van der Waals surface area contributed by atoms with Gasteiger partial charge >= 0.3 is 6.03 Å². The molecule has 0 bridgehead atoms. The van der Waals surface area contributed by atoms with E-state index < -0.39 is 0 Å². The molecule has 21 heavy (non-hydrogen) atoms. The Labute approximate surface area is 130 Å². The lowest BCUT2D eigenvalue weighted by atomic mass is 10.0. The molecular formula is C14H21ClN4O2. The predicted octanol–water partition coefficient (Wildman–Crippen LogP) is 1.04. The van der Waals surface area contributed by atoms with Crippen molar-refractivity contribution in [1.82, 2.24) is 15.5 Å². The van der Waals surface area contributed by atoms with Crippen LogP contribution in [0.5, 0.6) is 0 Å². The highest BCUT2D eigenvalue weighted by Crippen LogP contribution is 2.11. The quantitative estimate of drug-likeness (QED) is 0.777. The van der Waals surface area contributed by atoms with Gasteiger partial charge in [0.2, 0.25) is 5.91 Å². The number of carbonyl (C=O) groups is 2. The first kappa shape index (κ1) is 17.3. The Kier molecular flexibility index (Phi) is 6.45. The van der Waals surface area contributed by atoms with E-state index in [-0.39, 0.29) is 30.3 Å². The Bertz CT molecular complexity index is 504. The van der Waals surface area contributed by atoms with Gasteiger partial charge in [-0.2, -0.15) is 0 Å². The second-order valence-corrected chi connectivity index (χ2v) is 5.10. The van der Waals surface area contributed by atoms with E-state index >= 15 is 0 Å². The number of amides is 3. The standard InChI is InChI=1S/C14H20N4O2.ClH/c1-18(2)14(20)17-12-5-3-4-10(6-12)7-16-13(19)11-8-15-9-11;/h3-6,11,15H,7-9H2,1-2H3,(H,16,19)(H,17,20);1H. The van der Waals surface area contributed by atoms with Crippen LogP contribution in [0.1, 0.15) is 5.56 Å². The van der Waals surface area contributed by atoms with Gasteiger partial charge < -0.3 is 20.9 Å². The van der Waals surface area contributed by atoms with Gasteiger partial charge in [-0.1, -0.05) is 12.1 Å². The molecule has 1 aliphatic rings. The van der Waals surface area contributed by atoms with Gasteiger partial charge in [-0.3, -0.25) is 4.79 Å². The van der Waals surface area contributed by atoms with Gasteiger partial charge in [0.1, 0.15) is 0 Å². The second kappa shape index (κ2) is 7.85. The van der Waals surface area contributed by atoms with Crippen molar-refractivity contribution in [1.29, 1.82) is 0 Å². The fourth-order valence-corrected chi connectivity index (χ4v) is 1.80. The number of hydrogen-bond acceptors (Lipinski definition) is 3.